The van der Waals surface area contributed by atoms with E-state index in [0.29, 0.717) is 6.42 Å². The highest BCUT2D eigenvalue weighted by Crippen LogP contribution is 2.48. The van der Waals surface area contributed by atoms with Gasteiger partial charge in [-0.15, -0.1) is 0 Å². The van der Waals surface area contributed by atoms with Crippen molar-refractivity contribution in [3.8, 4) is 0 Å². The Morgan fingerprint density at radius 1 is 1.53 bits per heavy atom. The van der Waals surface area contributed by atoms with Gasteiger partial charge in [-0.2, -0.15) is 0 Å². The molecule has 0 radical (unpaired) electrons. The predicted molar refractivity (Wildman–Crippen MR) is 57.7 cm³/mol. The summed E-state index contributed by atoms with van der Waals surface area (Å²) in [5, 5.41) is 10.8. The quantitative estimate of drug-likeness (QED) is 0.407. The van der Waals surface area contributed by atoms with Crippen molar-refractivity contribution in [3.63, 3.8) is 0 Å². The fraction of sp³-hybridized carbons (Fsp3) is 0.636. The molecule has 4 nitrogen and oxygen atoms in total. The standard InChI is InChI=1S/C11H16N2O2/c1-10(2)5-3-8-7-11(12,13(14)15)6-4-9(8)10/h4,7H,3,5-6,12H2,1-2H3. The Kier molecular flexibility index (Phi) is 2.01. The molecule has 0 aromatic heterocycles. The lowest BCUT2D eigenvalue weighted by atomic mass is 9.82. The zero-order valence-corrected chi connectivity index (χ0v) is 9.12. The van der Waals surface area contributed by atoms with E-state index in [9.17, 15) is 10.1 Å². The predicted octanol–water partition coefficient (Wildman–Crippen LogP) is 1.99. The second-order valence-corrected chi connectivity index (χ2v) is 5.12. The maximum Gasteiger partial charge on any atom is 0.295 e. The summed E-state index contributed by atoms with van der Waals surface area (Å²) in [6, 6.07) is 0. The minimum atomic E-state index is -1.38. The number of nitro groups is 1. The van der Waals surface area contributed by atoms with Crippen LogP contribution in [0.15, 0.2) is 23.3 Å². The average Bonchev–Trinajstić information content (AvgIpc) is 2.41. The molecule has 15 heavy (non-hydrogen) atoms. The minimum absolute atomic E-state index is 0.157. The van der Waals surface area contributed by atoms with Crippen LogP contribution in [-0.2, 0) is 0 Å². The van der Waals surface area contributed by atoms with Crippen LogP contribution in [0.25, 0.3) is 0 Å². The summed E-state index contributed by atoms with van der Waals surface area (Å²) in [4.78, 5) is 10.4. The Balaban J connectivity index is 2.37. The van der Waals surface area contributed by atoms with Crippen molar-refractivity contribution >= 4 is 0 Å². The summed E-state index contributed by atoms with van der Waals surface area (Å²) in [6.45, 7) is 4.35. The van der Waals surface area contributed by atoms with Crippen LogP contribution < -0.4 is 5.73 Å². The molecule has 0 amide bonds. The maximum atomic E-state index is 10.8. The van der Waals surface area contributed by atoms with Gasteiger partial charge in [0.2, 0.25) is 0 Å². The van der Waals surface area contributed by atoms with Gasteiger partial charge in [0.15, 0.2) is 0 Å². The third-order valence-corrected chi connectivity index (χ3v) is 3.49. The average molecular weight is 208 g/mol. The lowest BCUT2D eigenvalue weighted by Gasteiger charge is -2.26. The van der Waals surface area contributed by atoms with E-state index in [1.807, 2.05) is 6.08 Å². The molecule has 1 unspecified atom stereocenters. The number of allylic oxidation sites excluding steroid dienone is 2. The topological polar surface area (TPSA) is 69.2 Å². The number of nitrogens with two attached hydrogens (primary N) is 1. The van der Waals surface area contributed by atoms with Crippen LogP contribution in [0.4, 0.5) is 0 Å². The first-order valence-corrected chi connectivity index (χ1v) is 5.21. The zero-order chi connectivity index (χ0) is 11.3. The highest BCUT2D eigenvalue weighted by molar-refractivity contribution is 5.44. The van der Waals surface area contributed by atoms with Gasteiger partial charge in [0.05, 0.1) is 6.42 Å². The molecule has 2 aliphatic carbocycles. The third kappa shape index (κ3) is 1.49. The molecule has 0 aliphatic heterocycles. The molecule has 2 rings (SSSR count). The Labute approximate surface area is 89.0 Å². The normalized spacial score (nSPS) is 33.0. The van der Waals surface area contributed by atoms with Gasteiger partial charge in [-0.25, -0.2) is 0 Å². The molecule has 1 fully saturated rings. The van der Waals surface area contributed by atoms with Crippen LogP contribution in [0.2, 0.25) is 0 Å². The van der Waals surface area contributed by atoms with Gasteiger partial charge in [-0.1, -0.05) is 19.9 Å². The summed E-state index contributed by atoms with van der Waals surface area (Å²) >= 11 is 0. The molecule has 1 saturated carbocycles. The largest absolute Gasteiger partial charge is 0.295 e. The van der Waals surface area contributed by atoms with Gasteiger partial charge >= 0.3 is 0 Å². The molecule has 2 aliphatic rings. The molecule has 0 aromatic rings. The smallest absolute Gasteiger partial charge is 0.262 e. The fourth-order valence-corrected chi connectivity index (χ4v) is 2.46. The monoisotopic (exact) mass is 208 g/mol. The van der Waals surface area contributed by atoms with E-state index in [1.165, 1.54) is 5.57 Å². The maximum absolute atomic E-state index is 10.8. The lowest BCUT2D eigenvalue weighted by Crippen LogP contribution is -2.46. The highest BCUT2D eigenvalue weighted by Gasteiger charge is 2.43. The molecular formula is C11H16N2O2. The number of rotatable bonds is 1. The molecule has 0 heterocycles. The highest BCUT2D eigenvalue weighted by atomic mass is 16.6. The number of fused-ring (bicyclic) bond motifs is 1. The SMILES string of the molecule is CC1(C)CCC2=CC(N)([N+](=O)[O-])CC=C21. The van der Waals surface area contributed by atoms with E-state index in [1.54, 1.807) is 6.08 Å². The van der Waals surface area contributed by atoms with Gasteiger partial charge in [0.1, 0.15) is 0 Å². The molecule has 2 N–H and O–H groups in total. The summed E-state index contributed by atoms with van der Waals surface area (Å²) in [6.07, 6.45) is 5.87. The van der Waals surface area contributed by atoms with Crippen LogP contribution in [0, 0.1) is 15.5 Å². The summed E-state index contributed by atoms with van der Waals surface area (Å²) in [5.41, 5.74) is 6.84. The van der Waals surface area contributed by atoms with Crippen molar-refractivity contribution in [1.29, 1.82) is 0 Å². The van der Waals surface area contributed by atoms with E-state index in [-0.39, 0.29) is 5.41 Å². The van der Waals surface area contributed by atoms with Crippen LogP contribution in [0.1, 0.15) is 33.1 Å². The van der Waals surface area contributed by atoms with Gasteiger partial charge in [-0.3, -0.25) is 15.8 Å². The first-order chi connectivity index (χ1) is 6.85. The van der Waals surface area contributed by atoms with E-state index >= 15 is 0 Å². The van der Waals surface area contributed by atoms with Crippen molar-refractivity contribution < 1.29 is 4.92 Å². The van der Waals surface area contributed by atoms with Crippen molar-refractivity contribution in [3.05, 3.63) is 33.4 Å². The molecule has 0 spiro atoms. The Morgan fingerprint density at radius 3 is 2.80 bits per heavy atom. The van der Waals surface area contributed by atoms with Crippen molar-refractivity contribution in [2.24, 2.45) is 11.1 Å². The van der Waals surface area contributed by atoms with Crippen molar-refractivity contribution in [2.45, 2.75) is 38.8 Å². The Hall–Kier alpha value is -1.16. The van der Waals surface area contributed by atoms with Crippen LogP contribution in [-0.4, -0.2) is 10.6 Å². The lowest BCUT2D eigenvalue weighted by molar-refractivity contribution is -0.553. The van der Waals surface area contributed by atoms with Crippen molar-refractivity contribution in [1.82, 2.24) is 0 Å². The van der Waals surface area contributed by atoms with Gasteiger partial charge in [-0.05, 0) is 29.4 Å². The van der Waals surface area contributed by atoms with Gasteiger partial charge < -0.3 is 0 Å². The third-order valence-electron chi connectivity index (χ3n) is 3.49. The first kappa shape index (κ1) is 10.4. The molecule has 0 bridgehead atoms. The zero-order valence-electron chi connectivity index (χ0n) is 9.12. The first-order valence-electron chi connectivity index (χ1n) is 5.21. The number of hydrogen-bond donors (Lipinski definition) is 1. The Morgan fingerprint density at radius 2 is 2.20 bits per heavy atom. The molecule has 82 valence electrons. The van der Waals surface area contributed by atoms with Crippen LogP contribution in [0.3, 0.4) is 0 Å². The minimum Gasteiger partial charge on any atom is -0.262 e. The molecule has 4 heteroatoms. The number of hydrogen-bond acceptors (Lipinski definition) is 3. The van der Waals surface area contributed by atoms with Gasteiger partial charge in [0, 0.05) is 11.0 Å². The molecule has 0 aromatic carbocycles. The van der Waals surface area contributed by atoms with E-state index in [4.69, 9.17) is 5.73 Å². The summed E-state index contributed by atoms with van der Waals surface area (Å²) < 4.78 is 0. The van der Waals surface area contributed by atoms with Gasteiger partial charge in [0.25, 0.3) is 5.66 Å². The fourth-order valence-electron chi connectivity index (χ4n) is 2.46. The molecular weight excluding hydrogens is 192 g/mol. The second-order valence-electron chi connectivity index (χ2n) is 5.12. The Bertz CT molecular complexity index is 382. The second kappa shape index (κ2) is 2.92. The summed E-state index contributed by atoms with van der Waals surface area (Å²) in [7, 11) is 0. The van der Waals surface area contributed by atoms with E-state index in [2.05, 4.69) is 13.8 Å². The number of nitrogens with zero attached hydrogens (tertiary/aromatic N) is 1. The van der Waals surface area contributed by atoms with E-state index in [0.717, 1.165) is 18.4 Å². The molecule has 1 atom stereocenters. The van der Waals surface area contributed by atoms with E-state index < -0.39 is 10.6 Å². The van der Waals surface area contributed by atoms with Crippen LogP contribution in [0.5, 0.6) is 0 Å². The summed E-state index contributed by atoms with van der Waals surface area (Å²) in [5.74, 6) is 0. The molecule has 0 saturated heterocycles. The van der Waals surface area contributed by atoms with Crippen molar-refractivity contribution in [2.75, 3.05) is 0 Å². The van der Waals surface area contributed by atoms with Crippen LogP contribution >= 0.6 is 0 Å².